The van der Waals surface area contributed by atoms with Crippen LogP contribution < -0.4 is 5.43 Å². The molecule has 17 heavy (non-hydrogen) atoms. The van der Waals surface area contributed by atoms with Crippen molar-refractivity contribution in [1.29, 1.82) is 0 Å². The second kappa shape index (κ2) is 4.74. The monoisotopic (exact) mass is 257 g/mol. The fourth-order valence-corrected chi connectivity index (χ4v) is 2.79. The molecule has 0 saturated carbocycles. The number of rotatable bonds is 2. The number of carboxylic acids is 1. The Kier molecular flexibility index (Phi) is 3.32. The van der Waals surface area contributed by atoms with Gasteiger partial charge < -0.3 is 10.0 Å². The van der Waals surface area contributed by atoms with Crippen molar-refractivity contribution in [3.8, 4) is 0 Å². The second-order valence-electron chi connectivity index (χ2n) is 3.72. The minimum absolute atomic E-state index is 0.212. The number of carbonyl (C=O) groups excluding carboxylic acids is 2. The number of hydrazone groups is 1. The third-order valence-electron chi connectivity index (χ3n) is 2.58. The summed E-state index contributed by atoms with van der Waals surface area (Å²) in [6, 6.07) is -0.798. The zero-order chi connectivity index (χ0) is 12.4. The Hall–Kier alpha value is -1.57. The van der Waals surface area contributed by atoms with E-state index in [0.29, 0.717) is 11.6 Å². The van der Waals surface area contributed by atoms with Crippen molar-refractivity contribution in [2.45, 2.75) is 18.9 Å². The first-order chi connectivity index (χ1) is 8.09. The van der Waals surface area contributed by atoms with Gasteiger partial charge in [0.15, 0.2) is 0 Å². The highest BCUT2D eigenvalue weighted by molar-refractivity contribution is 7.99. The fraction of sp³-hybridized carbons (Fsp3) is 0.556. The largest absolute Gasteiger partial charge is 0.480 e. The van der Waals surface area contributed by atoms with Gasteiger partial charge in [0, 0.05) is 18.6 Å². The van der Waals surface area contributed by atoms with Crippen molar-refractivity contribution < 1.29 is 19.5 Å². The number of carbonyl (C=O) groups is 3. The van der Waals surface area contributed by atoms with E-state index in [2.05, 4.69) is 10.5 Å². The molecule has 7 nitrogen and oxygen atoms in total. The number of amides is 2. The van der Waals surface area contributed by atoms with Gasteiger partial charge in [0.2, 0.25) is 5.91 Å². The molecular weight excluding hydrogens is 246 g/mol. The molecule has 0 radical (unpaired) electrons. The molecule has 92 valence electrons. The molecule has 1 unspecified atom stereocenters. The summed E-state index contributed by atoms with van der Waals surface area (Å²) in [7, 11) is 0. The Labute approximate surface area is 101 Å². The lowest BCUT2D eigenvalue weighted by atomic mass is 10.1. The molecule has 0 aromatic heterocycles. The topological polar surface area (TPSA) is 99.1 Å². The molecule has 0 aliphatic carbocycles. The van der Waals surface area contributed by atoms with E-state index in [0.717, 1.165) is 0 Å². The predicted molar refractivity (Wildman–Crippen MR) is 60.4 cm³/mol. The van der Waals surface area contributed by atoms with Gasteiger partial charge in [-0.15, -0.1) is 11.8 Å². The molecule has 2 amide bonds. The van der Waals surface area contributed by atoms with Crippen molar-refractivity contribution in [2.75, 3.05) is 11.6 Å². The predicted octanol–water partition coefficient (Wildman–Crippen LogP) is -0.761. The Morgan fingerprint density at radius 2 is 2.24 bits per heavy atom. The van der Waals surface area contributed by atoms with Gasteiger partial charge in [-0.2, -0.15) is 5.10 Å². The van der Waals surface area contributed by atoms with Crippen LogP contribution in [0.2, 0.25) is 0 Å². The van der Waals surface area contributed by atoms with Gasteiger partial charge in [0.1, 0.15) is 11.8 Å². The van der Waals surface area contributed by atoms with Gasteiger partial charge in [-0.3, -0.25) is 9.59 Å². The van der Waals surface area contributed by atoms with Gasteiger partial charge >= 0.3 is 5.97 Å². The fourth-order valence-electron chi connectivity index (χ4n) is 1.64. The SMILES string of the molecule is O=C1CCC(C(=O)N2CSCC2C(=O)O)=NN1. The lowest BCUT2D eigenvalue weighted by Gasteiger charge is -2.22. The maximum Gasteiger partial charge on any atom is 0.327 e. The number of nitrogens with zero attached hydrogens (tertiary/aromatic N) is 2. The highest BCUT2D eigenvalue weighted by atomic mass is 32.2. The molecule has 1 atom stereocenters. The summed E-state index contributed by atoms with van der Waals surface area (Å²) in [5, 5.41) is 12.6. The first-order valence-corrected chi connectivity index (χ1v) is 6.22. The Bertz CT molecular complexity index is 409. The Morgan fingerprint density at radius 3 is 2.82 bits per heavy atom. The maximum absolute atomic E-state index is 12.0. The standard InChI is InChI=1S/C9H11N3O4S/c13-7-2-1-5(10-11-7)8(14)12-4-17-3-6(12)9(15)16/h6H,1-4H2,(H,11,13)(H,15,16). The molecule has 0 spiro atoms. The molecule has 2 N–H and O–H groups in total. The van der Waals surface area contributed by atoms with Crippen molar-refractivity contribution in [3.05, 3.63) is 0 Å². The highest BCUT2D eigenvalue weighted by Gasteiger charge is 2.36. The number of hydrogen-bond acceptors (Lipinski definition) is 5. The highest BCUT2D eigenvalue weighted by Crippen LogP contribution is 2.22. The molecule has 2 rings (SSSR count). The molecule has 8 heteroatoms. The van der Waals surface area contributed by atoms with Gasteiger partial charge in [-0.05, 0) is 0 Å². The molecule has 2 aliphatic heterocycles. The van der Waals surface area contributed by atoms with Gasteiger partial charge in [0.05, 0.1) is 5.88 Å². The summed E-state index contributed by atoms with van der Waals surface area (Å²) < 4.78 is 0. The summed E-state index contributed by atoms with van der Waals surface area (Å²) in [5.41, 5.74) is 2.45. The van der Waals surface area contributed by atoms with Crippen molar-refractivity contribution in [3.63, 3.8) is 0 Å². The van der Waals surface area contributed by atoms with Gasteiger partial charge in [-0.1, -0.05) is 0 Å². The van der Waals surface area contributed by atoms with Crippen molar-refractivity contribution in [2.24, 2.45) is 5.10 Å². The van der Waals surface area contributed by atoms with E-state index in [1.165, 1.54) is 16.7 Å². The zero-order valence-corrected chi connectivity index (χ0v) is 9.70. The van der Waals surface area contributed by atoms with E-state index in [-0.39, 0.29) is 24.5 Å². The van der Waals surface area contributed by atoms with Crippen LogP contribution in [0.4, 0.5) is 0 Å². The number of nitrogens with one attached hydrogen (secondary N) is 1. The summed E-state index contributed by atoms with van der Waals surface area (Å²) >= 11 is 1.39. The minimum atomic E-state index is -1.01. The maximum atomic E-state index is 12.0. The molecule has 1 saturated heterocycles. The number of thioether (sulfide) groups is 1. The van der Waals surface area contributed by atoms with Crippen LogP contribution >= 0.6 is 11.8 Å². The summed E-state index contributed by atoms with van der Waals surface area (Å²) in [4.78, 5) is 35.1. The average Bonchev–Trinajstić information content (AvgIpc) is 2.78. The molecular formula is C9H11N3O4S. The van der Waals surface area contributed by atoms with E-state index in [1.54, 1.807) is 0 Å². The molecule has 0 bridgehead atoms. The van der Waals surface area contributed by atoms with Gasteiger partial charge in [-0.25, -0.2) is 10.2 Å². The quantitative estimate of drug-likeness (QED) is 0.677. The lowest BCUT2D eigenvalue weighted by Crippen LogP contribution is -2.46. The van der Waals surface area contributed by atoms with Crippen molar-refractivity contribution >= 4 is 35.3 Å². The average molecular weight is 257 g/mol. The van der Waals surface area contributed by atoms with Crippen LogP contribution in [-0.2, 0) is 14.4 Å². The number of hydrogen-bond donors (Lipinski definition) is 2. The Balaban J connectivity index is 2.09. The molecule has 2 aliphatic rings. The van der Waals surface area contributed by atoms with E-state index in [9.17, 15) is 14.4 Å². The third-order valence-corrected chi connectivity index (χ3v) is 3.59. The van der Waals surface area contributed by atoms with Gasteiger partial charge in [0.25, 0.3) is 5.91 Å². The van der Waals surface area contributed by atoms with Crippen molar-refractivity contribution in [1.82, 2.24) is 10.3 Å². The van der Waals surface area contributed by atoms with Crippen LogP contribution in [0.3, 0.4) is 0 Å². The zero-order valence-electron chi connectivity index (χ0n) is 8.88. The molecule has 0 aromatic carbocycles. The third kappa shape index (κ3) is 2.41. The molecule has 0 aromatic rings. The van der Waals surface area contributed by atoms with Crippen LogP contribution in [0.25, 0.3) is 0 Å². The van der Waals surface area contributed by atoms with Crippen LogP contribution in [0.5, 0.6) is 0 Å². The summed E-state index contributed by atoms with van der Waals surface area (Å²) in [5.74, 6) is -0.901. The molecule has 1 fully saturated rings. The van der Waals surface area contributed by atoms with Crippen LogP contribution in [0, 0.1) is 0 Å². The first-order valence-electron chi connectivity index (χ1n) is 5.06. The summed E-state index contributed by atoms with van der Waals surface area (Å²) in [6.45, 7) is 0. The van der Waals surface area contributed by atoms with Crippen LogP contribution in [-0.4, -0.2) is 51.2 Å². The van der Waals surface area contributed by atoms with E-state index < -0.39 is 17.9 Å². The molecule has 2 heterocycles. The van der Waals surface area contributed by atoms with Crippen LogP contribution in [0.15, 0.2) is 5.10 Å². The van der Waals surface area contributed by atoms with E-state index in [1.807, 2.05) is 0 Å². The Morgan fingerprint density at radius 1 is 1.47 bits per heavy atom. The van der Waals surface area contributed by atoms with Crippen LogP contribution in [0.1, 0.15) is 12.8 Å². The second-order valence-corrected chi connectivity index (χ2v) is 4.72. The normalized spacial score (nSPS) is 24.2. The number of carboxylic acid groups (broad SMARTS) is 1. The minimum Gasteiger partial charge on any atom is -0.480 e. The lowest BCUT2D eigenvalue weighted by molar-refractivity contribution is -0.145. The van der Waals surface area contributed by atoms with E-state index >= 15 is 0 Å². The number of aliphatic carboxylic acids is 1. The first kappa shape index (κ1) is 11.9. The van der Waals surface area contributed by atoms with E-state index in [4.69, 9.17) is 5.11 Å². The smallest absolute Gasteiger partial charge is 0.327 e. The summed E-state index contributed by atoms with van der Waals surface area (Å²) in [6.07, 6.45) is 0.474.